The number of rotatable bonds is 5. The summed E-state index contributed by atoms with van der Waals surface area (Å²) >= 11 is 0.962. The van der Waals surface area contributed by atoms with Gasteiger partial charge in [0.05, 0.1) is 0 Å². The molecule has 0 bridgehead atoms. The van der Waals surface area contributed by atoms with E-state index in [-0.39, 0.29) is 16.1 Å². The number of hydrogen-bond acceptors (Lipinski definition) is 5. The smallest absolute Gasteiger partial charge is 0.275 e. The third-order valence-electron chi connectivity index (χ3n) is 3.90. The van der Waals surface area contributed by atoms with Crippen LogP contribution in [0.4, 0.5) is 5.69 Å². The van der Waals surface area contributed by atoms with E-state index in [2.05, 4.69) is 15.0 Å². The molecular formula is C16H19N3O3S2. The van der Waals surface area contributed by atoms with Crippen LogP contribution in [0.1, 0.15) is 42.6 Å². The summed E-state index contributed by atoms with van der Waals surface area (Å²) in [7, 11) is -3.67. The molecule has 1 aromatic carbocycles. The maximum absolute atomic E-state index is 12.4. The zero-order chi connectivity index (χ0) is 17.0. The van der Waals surface area contributed by atoms with Crippen LogP contribution in [0.25, 0.3) is 0 Å². The van der Waals surface area contributed by atoms with Crippen molar-refractivity contribution >= 4 is 33.0 Å². The zero-order valence-electron chi connectivity index (χ0n) is 13.1. The van der Waals surface area contributed by atoms with Crippen LogP contribution in [0, 0.1) is 0 Å². The molecule has 0 radical (unpaired) electrons. The molecule has 1 aliphatic carbocycles. The van der Waals surface area contributed by atoms with Crippen molar-refractivity contribution in [1.29, 1.82) is 0 Å². The Morgan fingerprint density at radius 1 is 1.12 bits per heavy atom. The summed E-state index contributed by atoms with van der Waals surface area (Å²) in [5, 5.41) is 4.16. The first-order chi connectivity index (χ1) is 11.5. The number of thiazole rings is 1. The van der Waals surface area contributed by atoms with Crippen LogP contribution in [0.2, 0.25) is 0 Å². The van der Waals surface area contributed by atoms with Crippen molar-refractivity contribution in [2.45, 2.75) is 42.5 Å². The third-order valence-corrected chi connectivity index (χ3v) is 6.68. The third kappa shape index (κ3) is 4.19. The summed E-state index contributed by atoms with van der Waals surface area (Å²) in [6, 6.07) is 8.94. The van der Waals surface area contributed by atoms with Gasteiger partial charge in [-0.1, -0.05) is 37.5 Å². The van der Waals surface area contributed by atoms with Crippen molar-refractivity contribution < 1.29 is 13.2 Å². The fraction of sp³-hybridized carbons (Fsp3) is 0.375. The van der Waals surface area contributed by atoms with Crippen LogP contribution >= 0.6 is 11.3 Å². The van der Waals surface area contributed by atoms with Crippen LogP contribution in [0.5, 0.6) is 0 Å². The Kier molecular flexibility index (Phi) is 5.27. The molecule has 6 nitrogen and oxygen atoms in total. The Morgan fingerprint density at radius 3 is 2.54 bits per heavy atom. The molecule has 0 unspecified atom stereocenters. The summed E-state index contributed by atoms with van der Waals surface area (Å²) in [5.41, 5.74) is 0.744. The molecule has 3 rings (SSSR count). The van der Waals surface area contributed by atoms with Crippen molar-refractivity contribution in [2.75, 3.05) is 5.32 Å². The fourth-order valence-electron chi connectivity index (χ4n) is 2.69. The number of amides is 1. The number of para-hydroxylation sites is 1. The molecule has 1 aromatic heterocycles. The van der Waals surface area contributed by atoms with Gasteiger partial charge in [-0.25, -0.2) is 18.1 Å². The highest BCUT2D eigenvalue weighted by molar-refractivity contribution is 7.91. The average molecular weight is 365 g/mol. The van der Waals surface area contributed by atoms with Gasteiger partial charge in [-0.15, -0.1) is 11.3 Å². The van der Waals surface area contributed by atoms with E-state index in [0.29, 0.717) is 5.69 Å². The first-order valence-electron chi connectivity index (χ1n) is 7.89. The van der Waals surface area contributed by atoms with Gasteiger partial charge in [0.25, 0.3) is 15.9 Å². The van der Waals surface area contributed by atoms with Crippen molar-refractivity contribution in [1.82, 2.24) is 9.71 Å². The van der Waals surface area contributed by atoms with E-state index >= 15 is 0 Å². The Morgan fingerprint density at radius 2 is 1.83 bits per heavy atom. The van der Waals surface area contributed by atoms with Crippen molar-refractivity contribution in [3.63, 3.8) is 0 Å². The number of nitrogens with one attached hydrogen (secondary N) is 2. The summed E-state index contributed by atoms with van der Waals surface area (Å²) in [6.07, 6.45) is 4.93. The molecule has 1 aliphatic rings. The van der Waals surface area contributed by atoms with Gasteiger partial charge >= 0.3 is 0 Å². The minimum atomic E-state index is -3.67. The number of aromatic nitrogens is 1. The molecule has 2 N–H and O–H groups in total. The summed E-state index contributed by atoms with van der Waals surface area (Å²) < 4.78 is 27.4. The van der Waals surface area contributed by atoms with Gasteiger partial charge < -0.3 is 5.32 Å². The van der Waals surface area contributed by atoms with Crippen LogP contribution in [-0.2, 0) is 10.0 Å². The minimum absolute atomic E-state index is 0.0331. The molecule has 0 aliphatic heterocycles. The molecule has 8 heteroatoms. The normalized spacial score (nSPS) is 16.0. The Bertz CT molecular complexity index is 797. The van der Waals surface area contributed by atoms with Crippen LogP contribution in [-0.4, -0.2) is 25.4 Å². The Hall–Kier alpha value is -1.77. The predicted octanol–water partition coefficient (Wildman–Crippen LogP) is 3.01. The molecule has 0 spiro atoms. The molecule has 2 aromatic rings. The van der Waals surface area contributed by atoms with Crippen molar-refractivity contribution in [2.24, 2.45) is 0 Å². The molecule has 0 atom stereocenters. The van der Waals surface area contributed by atoms with E-state index in [1.807, 2.05) is 6.07 Å². The number of benzene rings is 1. The zero-order valence-corrected chi connectivity index (χ0v) is 14.7. The maximum atomic E-state index is 12.4. The molecule has 1 saturated carbocycles. The fourth-order valence-corrected chi connectivity index (χ4v) is 5.00. The SMILES string of the molecule is O=C(Nc1ccccc1)c1csc(S(=O)(=O)NC2CCCCC2)n1. The standard InChI is InChI=1S/C16H19N3O3S2/c20-15(17-12-7-3-1-4-8-12)14-11-23-16(18-14)24(21,22)19-13-9-5-2-6-10-13/h1,3-4,7-8,11,13,19H,2,5-6,9-10H2,(H,17,20). The van der Waals surface area contributed by atoms with Gasteiger partial charge in [-0.3, -0.25) is 4.79 Å². The van der Waals surface area contributed by atoms with Gasteiger partial charge in [0.15, 0.2) is 0 Å². The summed E-state index contributed by atoms with van der Waals surface area (Å²) in [6.45, 7) is 0. The summed E-state index contributed by atoms with van der Waals surface area (Å²) in [5.74, 6) is -0.420. The number of carbonyl (C=O) groups is 1. The van der Waals surface area contributed by atoms with Crippen molar-refractivity contribution in [3.8, 4) is 0 Å². The molecular weight excluding hydrogens is 346 g/mol. The highest BCUT2D eigenvalue weighted by Gasteiger charge is 2.25. The van der Waals surface area contributed by atoms with Crippen LogP contribution < -0.4 is 10.0 Å². The van der Waals surface area contributed by atoms with Gasteiger partial charge in [0, 0.05) is 17.1 Å². The number of sulfonamides is 1. The van der Waals surface area contributed by atoms with Crippen LogP contribution in [0.15, 0.2) is 40.1 Å². The second-order valence-corrected chi connectivity index (χ2v) is 8.52. The Balaban J connectivity index is 1.68. The number of carbonyl (C=O) groups excluding carboxylic acids is 1. The molecule has 0 saturated heterocycles. The first kappa shape index (κ1) is 17.1. The summed E-state index contributed by atoms with van der Waals surface area (Å²) in [4.78, 5) is 16.2. The number of anilines is 1. The van der Waals surface area contributed by atoms with E-state index < -0.39 is 15.9 Å². The minimum Gasteiger partial charge on any atom is -0.321 e. The lowest BCUT2D eigenvalue weighted by Crippen LogP contribution is -2.36. The van der Waals surface area contributed by atoms with E-state index in [4.69, 9.17) is 0 Å². The Labute approximate surface area is 145 Å². The van der Waals surface area contributed by atoms with Gasteiger partial charge in [0.2, 0.25) is 4.34 Å². The first-order valence-corrected chi connectivity index (χ1v) is 10.3. The molecule has 1 heterocycles. The maximum Gasteiger partial charge on any atom is 0.275 e. The largest absolute Gasteiger partial charge is 0.321 e. The van der Waals surface area contributed by atoms with Crippen molar-refractivity contribution in [3.05, 3.63) is 41.4 Å². The average Bonchev–Trinajstić information content (AvgIpc) is 3.07. The topological polar surface area (TPSA) is 88.2 Å². The highest BCUT2D eigenvalue weighted by Crippen LogP contribution is 2.22. The van der Waals surface area contributed by atoms with E-state index in [1.165, 1.54) is 5.38 Å². The van der Waals surface area contributed by atoms with E-state index in [1.54, 1.807) is 24.3 Å². The lowest BCUT2D eigenvalue weighted by Gasteiger charge is -2.21. The molecule has 24 heavy (non-hydrogen) atoms. The van der Waals surface area contributed by atoms with Gasteiger partial charge in [-0.2, -0.15) is 0 Å². The van der Waals surface area contributed by atoms with E-state index in [9.17, 15) is 13.2 Å². The number of nitrogens with zero attached hydrogens (tertiary/aromatic N) is 1. The highest BCUT2D eigenvalue weighted by atomic mass is 32.2. The van der Waals surface area contributed by atoms with Crippen LogP contribution in [0.3, 0.4) is 0 Å². The van der Waals surface area contributed by atoms with E-state index in [0.717, 1.165) is 43.4 Å². The predicted molar refractivity (Wildman–Crippen MR) is 93.7 cm³/mol. The second-order valence-electron chi connectivity index (χ2n) is 5.78. The lowest BCUT2D eigenvalue weighted by molar-refractivity contribution is 0.102. The van der Waals surface area contributed by atoms with Gasteiger partial charge in [-0.05, 0) is 25.0 Å². The second kappa shape index (κ2) is 7.42. The lowest BCUT2D eigenvalue weighted by atomic mass is 9.96. The molecule has 128 valence electrons. The molecule has 1 amide bonds. The van der Waals surface area contributed by atoms with Gasteiger partial charge in [0.1, 0.15) is 5.69 Å². The monoisotopic (exact) mass is 365 g/mol. The molecule has 1 fully saturated rings. The quantitative estimate of drug-likeness (QED) is 0.852. The number of hydrogen-bond donors (Lipinski definition) is 2.